The minimum absolute atomic E-state index is 0.0871. The summed E-state index contributed by atoms with van der Waals surface area (Å²) < 4.78 is 0. The van der Waals surface area contributed by atoms with Crippen molar-refractivity contribution in [3.8, 4) is 11.5 Å². The first kappa shape index (κ1) is 18.7. The van der Waals surface area contributed by atoms with E-state index in [4.69, 9.17) is 31.3 Å². The van der Waals surface area contributed by atoms with Crippen LogP contribution in [0, 0.1) is 5.41 Å². The number of rotatable bonds is 6. The van der Waals surface area contributed by atoms with Crippen LogP contribution in [0.15, 0.2) is 18.2 Å². The van der Waals surface area contributed by atoms with Gasteiger partial charge in [0.05, 0.1) is 19.8 Å². The molecule has 0 fully saturated rings. The maximum Gasteiger partial charge on any atom is 0.157 e. The van der Waals surface area contributed by atoms with Crippen molar-refractivity contribution in [2.45, 2.75) is 19.8 Å². The van der Waals surface area contributed by atoms with Crippen LogP contribution in [0.1, 0.15) is 18.9 Å². The Balaban J connectivity index is 0.000000370. The summed E-state index contributed by atoms with van der Waals surface area (Å²) in [6, 6.07) is 4.71. The SMILES string of the molecule is CCC(CO)(CO)CO.NCCc1ccc(O)c(O)c1. The fraction of sp³-hybridized carbons (Fsp3) is 0.571. The Morgan fingerprint density at radius 1 is 1.00 bits per heavy atom. The predicted molar refractivity (Wildman–Crippen MR) is 76.5 cm³/mol. The lowest BCUT2D eigenvalue weighted by Gasteiger charge is -2.24. The van der Waals surface area contributed by atoms with Gasteiger partial charge in [-0.25, -0.2) is 0 Å². The molecule has 0 spiro atoms. The van der Waals surface area contributed by atoms with Crippen LogP contribution in [0.5, 0.6) is 11.5 Å². The van der Waals surface area contributed by atoms with Crippen molar-refractivity contribution >= 4 is 0 Å². The van der Waals surface area contributed by atoms with E-state index in [0.717, 1.165) is 5.56 Å². The van der Waals surface area contributed by atoms with Crippen LogP contribution in [0.2, 0.25) is 0 Å². The van der Waals surface area contributed by atoms with Crippen LogP contribution in [-0.2, 0) is 6.42 Å². The van der Waals surface area contributed by atoms with Gasteiger partial charge < -0.3 is 31.3 Å². The maximum absolute atomic E-state index is 9.04. The van der Waals surface area contributed by atoms with E-state index in [9.17, 15) is 0 Å². The van der Waals surface area contributed by atoms with E-state index in [1.165, 1.54) is 12.1 Å². The molecule has 0 amide bonds. The summed E-state index contributed by atoms with van der Waals surface area (Å²) in [6.45, 7) is 1.90. The van der Waals surface area contributed by atoms with Gasteiger partial charge in [-0.1, -0.05) is 13.0 Å². The van der Waals surface area contributed by atoms with E-state index in [1.807, 2.05) is 6.92 Å². The Hall–Kier alpha value is -1.34. The summed E-state index contributed by atoms with van der Waals surface area (Å²) in [5.74, 6) is -0.179. The molecule has 1 rings (SSSR count). The molecule has 0 heterocycles. The third kappa shape index (κ3) is 5.75. The van der Waals surface area contributed by atoms with Crippen LogP contribution in [0.3, 0.4) is 0 Å². The smallest absolute Gasteiger partial charge is 0.157 e. The minimum Gasteiger partial charge on any atom is -0.504 e. The van der Waals surface area contributed by atoms with Crippen molar-refractivity contribution in [2.75, 3.05) is 26.4 Å². The van der Waals surface area contributed by atoms with Crippen molar-refractivity contribution in [1.29, 1.82) is 0 Å². The van der Waals surface area contributed by atoms with E-state index >= 15 is 0 Å². The van der Waals surface area contributed by atoms with Crippen LogP contribution >= 0.6 is 0 Å². The monoisotopic (exact) mass is 287 g/mol. The number of hydrogen-bond acceptors (Lipinski definition) is 6. The lowest BCUT2D eigenvalue weighted by molar-refractivity contribution is 0.00304. The number of aliphatic hydroxyl groups excluding tert-OH is 3. The summed E-state index contributed by atoms with van der Waals surface area (Å²) in [5.41, 5.74) is 5.57. The molecule has 20 heavy (non-hydrogen) atoms. The second-order valence-corrected chi connectivity index (χ2v) is 4.69. The fourth-order valence-corrected chi connectivity index (χ4v) is 1.38. The molecule has 0 saturated carbocycles. The molecule has 0 bridgehead atoms. The van der Waals surface area contributed by atoms with Gasteiger partial charge in [-0.3, -0.25) is 0 Å². The van der Waals surface area contributed by atoms with Crippen molar-refractivity contribution in [1.82, 2.24) is 0 Å². The lowest BCUT2D eigenvalue weighted by atomic mass is 9.88. The van der Waals surface area contributed by atoms with Gasteiger partial charge in [0.25, 0.3) is 0 Å². The first-order valence-corrected chi connectivity index (χ1v) is 6.52. The van der Waals surface area contributed by atoms with Gasteiger partial charge in [0, 0.05) is 5.41 Å². The maximum atomic E-state index is 9.04. The van der Waals surface area contributed by atoms with Crippen molar-refractivity contribution in [3.63, 3.8) is 0 Å². The van der Waals surface area contributed by atoms with E-state index in [0.29, 0.717) is 19.4 Å². The largest absolute Gasteiger partial charge is 0.504 e. The average molecular weight is 287 g/mol. The predicted octanol–water partition coefficient (Wildman–Crippen LogP) is -0.0413. The van der Waals surface area contributed by atoms with Crippen LogP contribution in [0.4, 0.5) is 0 Å². The first-order valence-electron chi connectivity index (χ1n) is 6.52. The summed E-state index contributed by atoms with van der Waals surface area (Å²) >= 11 is 0. The number of aromatic hydroxyl groups is 2. The minimum atomic E-state index is -0.667. The van der Waals surface area contributed by atoms with Crippen LogP contribution in [0.25, 0.3) is 0 Å². The van der Waals surface area contributed by atoms with Crippen molar-refractivity contribution in [3.05, 3.63) is 23.8 Å². The zero-order chi connectivity index (χ0) is 15.6. The Bertz CT molecular complexity index is 362. The molecule has 0 aliphatic carbocycles. The molecule has 6 nitrogen and oxygen atoms in total. The summed E-state index contributed by atoms with van der Waals surface area (Å²) in [6.07, 6.45) is 1.31. The second-order valence-electron chi connectivity index (χ2n) is 4.69. The highest BCUT2D eigenvalue weighted by Crippen LogP contribution is 2.24. The third-order valence-electron chi connectivity index (χ3n) is 3.23. The Morgan fingerprint density at radius 3 is 1.85 bits per heavy atom. The standard InChI is InChI=1S/C8H11NO2.C6H14O3/c9-4-3-6-1-2-7(10)8(11)5-6;1-2-6(3-7,4-8)5-9/h1-2,5,10-11H,3-4,9H2;7-9H,2-5H2,1H3. The van der Waals surface area contributed by atoms with Gasteiger partial charge in [-0.05, 0) is 37.1 Å². The summed E-state index contributed by atoms with van der Waals surface area (Å²) in [4.78, 5) is 0. The molecule has 0 aliphatic heterocycles. The Morgan fingerprint density at radius 2 is 1.55 bits per heavy atom. The molecular weight excluding hydrogens is 262 g/mol. The van der Waals surface area contributed by atoms with E-state index < -0.39 is 5.41 Å². The highest BCUT2D eigenvalue weighted by Gasteiger charge is 2.24. The van der Waals surface area contributed by atoms with E-state index in [2.05, 4.69) is 0 Å². The van der Waals surface area contributed by atoms with E-state index in [-0.39, 0.29) is 31.3 Å². The average Bonchev–Trinajstić information content (AvgIpc) is 2.47. The highest BCUT2D eigenvalue weighted by atomic mass is 16.3. The number of phenolic OH excluding ortho intramolecular Hbond substituents is 2. The van der Waals surface area contributed by atoms with Crippen molar-refractivity contribution < 1.29 is 25.5 Å². The molecule has 1 aromatic rings. The number of benzene rings is 1. The van der Waals surface area contributed by atoms with Gasteiger partial charge in [-0.15, -0.1) is 0 Å². The molecule has 7 N–H and O–H groups in total. The highest BCUT2D eigenvalue weighted by molar-refractivity contribution is 5.40. The quantitative estimate of drug-likeness (QED) is 0.407. The second kappa shape index (κ2) is 9.55. The van der Waals surface area contributed by atoms with Gasteiger partial charge in [0.1, 0.15) is 0 Å². The number of nitrogens with two attached hydrogens (primary N) is 1. The molecule has 0 radical (unpaired) electrons. The molecule has 1 aromatic carbocycles. The number of hydrogen-bond donors (Lipinski definition) is 6. The molecule has 6 heteroatoms. The molecule has 0 aliphatic rings. The summed E-state index contributed by atoms with van der Waals surface area (Å²) in [7, 11) is 0. The molecule has 0 aromatic heterocycles. The van der Waals surface area contributed by atoms with Crippen LogP contribution < -0.4 is 5.73 Å². The Labute approximate surface area is 119 Å². The van der Waals surface area contributed by atoms with E-state index in [1.54, 1.807) is 6.07 Å². The van der Waals surface area contributed by atoms with Gasteiger partial charge >= 0.3 is 0 Å². The lowest BCUT2D eigenvalue weighted by Crippen LogP contribution is -2.32. The first-order chi connectivity index (χ1) is 9.48. The molecule has 0 unspecified atom stereocenters. The fourth-order valence-electron chi connectivity index (χ4n) is 1.38. The molecule has 0 atom stereocenters. The topological polar surface area (TPSA) is 127 Å². The van der Waals surface area contributed by atoms with Gasteiger partial charge in [0.15, 0.2) is 11.5 Å². The van der Waals surface area contributed by atoms with Gasteiger partial charge in [0.2, 0.25) is 0 Å². The number of aliphatic hydroxyl groups is 3. The van der Waals surface area contributed by atoms with Crippen LogP contribution in [-0.4, -0.2) is 51.9 Å². The number of phenols is 2. The zero-order valence-electron chi connectivity index (χ0n) is 11.8. The normalized spacial score (nSPS) is 10.8. The zero-order valence-corrected chi connectivity index (χ0v) is 11.8. The molecular formula is C14H25NO5. The Kier molecular flexibility index (Phi) is 8.91. The molecule has 116 valence electrons. The van der Waals surface area contributed by atoms with Gasteiger partial charge in [-0.2, -0.15) is 0 Å². The third-order valence-corrected chi connectivity index (χ3v) is 3.23. The van der Waals surface area contributed by atoms with Crippen molar-refractivity contribution in [2.24, 2.45) is 11.1 Å². The molecule has 0 saturated heterocycles. The summed E-state index contributed by atoms with van der Waals surface area (Å²) in [5, 5.41) is 43.9.